The van der Waals surface area contributed by atoms with Crippen molar-refractivity contribution in [2.75, 3.05) is 33.0 Å². The second-order valence-corrected chi connectivity index (χ2v) is 9.40. The number of ether oxygens (including phenoxy) is 5. The fourth-order valence-corrected chi connectivity index (χ4v) is 4.76. The average molecular weight is 460 g/mol. The minimum Gasteiger partial charge on any atom is -0.609 e. The first-order chi connectivity index (χ1) is 15.5. The molecule has 2 aliphatic rings. The fourth-order valence-electron chi connectivity index (χ4n) is 3.66. The third kappa shape index (κ3) is 4.34. The Hall–Kier alpha value is -2.21. The molecule has 9 nitrogen and oxygen atoms in total. The zero-order valence-corrected chi connectivity index (χ0v) is 18.8. The molecule has 0 radical (unpaired) electrons. The van der Waals surface area contributed by atoms with Crippen molar-refractivity contribution in [3.63, 3.8) is 0 Å². The Kier molecular flexibility index (Phi) is 5.82. The molecular weight excluding hydrogens is 434 g/mol. The topological polar surface area (TPSA) is 111 Å². The Bertz CT molecular complexity index is 1060. The van der Waals surface area contributed by atoms with Gasteiger partial charge in [-0.05, 0) is 32.0 Å². The highest BCUT2D eigenvalue weighted by molar-refractivity contribution is 7.90. The highest BCUT2D eigenvalue weighted by atomic mass is 32.2. The zero-order chi connectivity index (χ0) is 22.2. The van der Waals surface area contributed by atoms with Crippen LogP contribution in [0.1, 0.15) is 18.2 Å². The summed E-state index contributed by atoms with van der Waals surface area (Å²) in [7, 11) is 0. The van der Waals surface area contributed by atoms with Gasteiger partial charge in [-0.2, -0.15) is 4.98 Å². The zero-order valence-electron chi connectivity index (χ0n) is 18.0. The lowest BCUT2D eigenvalue weighted by Crippen LogP contribution is -2.55. The lowest BCUT2D eigenvalue weighted by molar-refractivity contribution is -0.360. The second-order valence-electron chi connectivity index (χ2n) is 8.04. The Labute approximate surface area is 188 Å². The number of para-hydroxylation sites is 2. The van der Waals surface area contributed by atoms with Crippen LogP contribution in [0.3, 0.4) is 0 Å². The van der Waals surface area contributed by atoms with Crippen LogP contribution in [0.5, 0.6) is 5.75 Å². The molecule has 2 saturated heterocycles. The molecule has 5 rings (SSSR count). The van der Waals surface area contributed by atoms with E-state index >= 15 is 0 Å². The van der Waals surface area contributed by atoms with Crippen LogP contribution in [0.25, 0.3) is 11.0 Å². The van der Waals surface area contributed by atoms with Gasteiger partial charge in [0.2, 0.25) is 5.79 Å². The summed E-state index contributed by atoms with van der Waals surface area (Å²) in [5.74, 6) is -0.864. The fraction of sp³-hybridized carbons (Fsp3) is 0.455. The number of pyridine rings is 1. The number of imidazole rings is 1. The van der Waals surface area contributed by atoms with Crippen molar-refractivity contribution in [3.05, 3.63) is 47.8 Å². The third-order valence-corrected chi connectivity index (χ3v) is 6.77. The summed E-state index contributed by atoms with van der Waals surface area (Å²) in [5.41, 5.74) is 3.14. The molecular formula is C22H25N3O6S. The minimum absolute atomic E-state index is 0.181. The molecule has 10 heteroatoms. The van der Waals surface area contributed by atoms with E-state index in [9.17, 15) is 4.55 Å². The summed E-state index contributed by atoms with van der Waals surface area (Å²) in [6.45, 7) is 5.53. The maximum Gasteiger partial charge on any atom is 0.322 e. The molecule has 1 aromatic carbocycles. The van der Waals surface area contributed by atoms with Gasteiger partial charge < -0.3 is 28.2 Å². The van der Waals surface area contributed by atoms with Gasteiger partial charge in [-0.25, -0.2) is 0 Å². The first-order valence-electron chi connectivity index (χ1n) is 10.4. The Balaban J connectivity index is 1.23. The molecule has 1 N–H and O–H groups in total. The predicted octanol–water partition coefficient (Wildman–Crippen LogP) is 2.46. The van der Waals surface area contributed by atoms with Crippen molar-refractivity contribution in [3.8, 4) is 5.75 Å². The number of benzene rings is 1. The van der Waals surface area contributed by atoms with Gasteiger partial charge in [-0.15, -0.1) is 0 Å². The van der Waals surface area contributed by atoms with Crippen LogP contribution in [0.2, 0.25) is 0 Å². The largest absolute Gasteiger partial charge is 0.609 e. The van der Waals surface area contributed by atoms with Crippen LogP contribution >= 0.6 is 0 Å². The van der Waals surface area contributed by atoms with Crippen molar-refractivity contribution in [2.45, 2.75) is 36.3 Å². The summed E-state index contributed by atoms with van der Waals surface area (Å²) in [4.78, 5) is 12.0. The predicted molar refractivity (Wildman–Crippen MR) is 116 cm³/mol. The molecule has 1 atom stereocenters. The molecule has 3 aromatic rings. The molecule has 0 saturated carbocycles. The molecule has 0 amide bonds. The van der Waals surface area contributed by atoms with Crippen molar-refractivity contribution < 1.29 is 28.2 Å². The number of hydrogen-bond donors (Lipinski definition) is 1. The van der Waals surface area contributed by atoms with Gasteiger partial charge in [0.1, 0.15) is 25.6 Å². The first-order valence-corrected chi connectivity index (χ1v) is 11.7. The molecule has 0 aliphatic carbocycles. The van der Waals surface area contributed by atoms with Gasteiger partial charge in [0, 0.05) is 22.9 Å². The number of H-pyrrole nitrogens is 1. The third-order valence-electron chi connectivity index (χ3n) is 5.61. The van der Waals surface area contributed by atoms with Crippen molar-refractivity contribution in [1.29, 1.82) is 0 Å². The van der Waals surface area contributed by atoms with Crippen molar-refractivity contribution in [1.82, 2.24) is 15.0 Å². The normalized spacial score (nSPS) is 20.6. The second kappa shape index (κ2) is 8.62. The van der Waals surface area contributed by atoms with Gasteiger partial charge in [-0.3, -0.25) is 9.97 Å². The van der Waals surface area contributed by atoms with Crippen LogP contribution in [0.4, 0.5) is 0 Å². The van der Waals surface area contributed by atoms with Crippen LogP contribution in [-0.4, -0.2) is 64.1 Å². The summed E-state index contributed by atoms with van der Waals surface area (Å²) in [6.07, 6.45) is 1.65. The number of rotatable bonds is 6. The van der Waals surface area contributed by atoms with Gasteiger partial charge in [0.25, 0.3) is 0 Å². The van der Waals surface area contributed by atoms with E-state index in [1.54, 1.807) is 12.3 Å². The summed E-state index contributed by atoms with van der Waals surface area (Å²) in [6, 6.07) is 9.38. The number of aromatic amines is 1. The number of aromatic nitrogens is 3. The molecule has 1 spiro atoms. The molecule has 2 aromatic heterocycles. The molecule has 170 valence electrons. The standard InChI is InChI=1S/C22H25N3O6S/c1-15-18(11-32(26)20-24-16-5-3-4-6-17(16)25-20)23-8-7-19(15)27-12-21(2)30-13-22(14-31-21)28-9-10-29-22/h3-8H,9-14H2,1-2H3,(H,24,25)/t32-/m0/s1. The molecule has 4 heterocycles. The molecule has 32 heavy (non-hydrogen) atoms. The number of nitrogens with one attached hydrogen (secondary N) is 1. The lowest BCUT2D eigenvalue weighted by Gasteiger charge is -2.41. The Morgan fingerprint density at radius 3 is 2.62 bits per heavy atom. The van der Waals surface area contributed by atoms with E-state index in [4.69, 9.17) is 23.7 Å². The monoisotopic (exact) mass is 459 g/mol. The maximum absolute atomic E-state index is 12.9. The smallest absolute Gasteiger partial charge is 0.322 e. The van der Waals surface area contributed by atoms with Crippen LogP contribution in [0, 0.1) is 6.92 Å². The highest BCUT2D eigenvalue weighted by Gasteiger charge is 2.47. The lowest BCUT2D eigenvalue weighted by atomic mass is 10.2. The quantitative estimate of drug-likeness (QED) is 0.560. The molecule has 0 bridgehead atoms. The van der Waals surface area contributed by atoms with Gasteiger partial charge in [0.05, 0.1) is 29.9 Å². The van der Waals surface area contributed by atoms with E-state index in [0.717, 1.165) is 16.6 Å². The van der Waals surface area contributed by atoms with Crippen molar-refractivity contribution in [2.24, 2.45) is 0 Å². The van der Waals surface area contributed by atoms with E-state index in [2.05, 4.69) is 15.0 Å². The maximum atomic E-state index is 12.9. The van der Waals surface area contributed by atoms with E-state index in [-0.39, 0.29) is 25.6 Å². The summed E-state index contributed by atoms with van der Waals surface area (Å²) < 4.78 is 41.9. The molecule has 0 unspecified atom stereocenters. The summed E-state index contributed by atoms with van der Waals surface area (Å²) in [5, 5.41) is 0.431. The summed E-state index contributed by atoms with van der Waals surface area (Å²) >= 11 is -1.37. The highest BCUT2D eigenvalue weighted by Crippen LogP contribution is 2.31. The van der Waals surface area contributed by atoms with Crippen LogP contribution in [-0.2, 0) is 35.9 Å². The van der Waals surface area contributed by atoms with Gasteiger partial charge >= 0.3 is 5.16 Å². The SMILES string of the molecule is Cc1c(OCC2(C)OCC3(CO2)OCCO3)ccnc1C[S@+]([O-])c1nc2ccccc2[nH]1. The van der Waals surface area contributed by atoms with E-state index in [1.165, 1.54) is 0 Å². The van der Waals surface area contributed by atoms with Crippen LogP contribution in [0.15, 0.2) is 41.7 Å². The molecule has 2 fully saturated rings. The minimum atomic E-state index is -1.37. The average Bonchev–Trinajstić information content (AvgIpc) is 3.44. The van der Waals surface area contributed by atoms with E-state index in [0.29, 0.717) is 29.8 Å². The number of nitrogens with zero attached hydrogens (tertiary/aromatic N) is 2. The van der Waals surface area contributed by atoms with E-state index in [1.807, 2.05) is 38.1 Å². The van der Waals surface area contributed by atoms with E-state index < -0.39 is 22.8 Å². The van der Waals surface area contributed by atoms with Crippen LogP contribution < -0.4 is 4.74 Å². The Morgan fingerprint density at radius 2 is 1.88 bits per heavy atom. The molecule has 2 aliphatic heterocycles. The number of fused-ring (bicyclic) bond motifs is 1. The number of hydrogen-bond acceptors (Lipinski definition) is 8. The Morgan fingerprint density at radius 1 is 1.12 bits per heavy atom. The van der Waals surface area contributed by atoms with Gasteiger partial charge in [0.15, 0.2) is 11.5 Å². The first kappa shape index (κ1) is 21.6. The van der Waals surface area contributed by atoms with Gasteiger partial charge in [-0.1, -0.05) is 12.1 Å². The van der Waals surface area contributed by atoms with Crippen molar-refractivity contribution >= 4 is 22.2 Å².